The Labute approximate surface area is 98.6 Å². The molecular formula is C11H12ClNO3. The van der Waals surface area contributed by atoms with Crippen LogP contribution >= 0.6 is 11.6 Å². The molecule has 4 nitrogen and oxygen atoms in total. The third kappa shape index (κ3) is 3.24. The molecule has 0 aromatic heterocycles. The summed E-state index contributed by atoms with van der Waals surface area (Å²) in [6, 6.07) is 4.72. The lowest BCUT2D eigenvalue weighted by molar-refractivity contribution is -0.385. The first-order valence-corrected chi connectivity index (χ1v) is 5.18. The molecule has 0 heterocycles. The Morgan fingerprint density at radius 2 is 2.31 bits per heavy atom. The van der Waals surface area contributed by atoms with Crippen molar-refractivity contribution in [3.05, 3.63) is 46.0 Å². The van der Waals surface area contributed by atoms with E-state index in [4.69, 9.17) is 16.3 Å². The molecule has 16 heavy (non-hydrogen) atoms. The van der Waals surface area contributed by atoms with Gasteiger partial charge in [-0.15, -0.1) is 11.6 Å². The summed E-state index contributed by atoms with van der Waals surface area (Å²) >= 11 is 5.54. The summed E-state index contributed by atoms with van der Waals surface area (Å²) < 4.78 is 5.31. The van der Waals surface area contributed by atoms with Gasteiger partial charge in [-0.05, 0) is 24.1 Å². The van der Waals surface area contributed by atoms with Crippen LogP contribution in [0.5, 0.6) is 5.75 Å². The number of halogens is 1. The van der Waals surface area contributed by atoms with Crippen LogP contribution in [-0.2, 0) is 0 Å². The molecule has 1 aromatic rings. The van der Waals surface area contributed by atoms with Crippen molar-refractivity contribution in [1.82, 2.24) is 0 Å². The molecule has 0 spiro atoms. The van der Waals surface area contributed by atoms with Crippen molar-refractivity contribution in [1.29, 1.82) is 0 Å². The smallest absolute Gasteiger partial charge is 0.310 e. The number of hydrogen-bond acceptors (Lipinski definition) is 3. The van der Waals surface area contributed by atoms with E-state index >= 15 is 0 Å². The lowest BCUT2D eigenvalue weighted by atomic mass is 10.2. The van der Waals surface area contributed by atoms with Crippen LogP contribution in [0.2, 0.25) is 0 Å². The van der Waals surface area contributed by atoms with Crippen molar-refractivity contribution in [2.24, 2.45) is 0 Å². The van der Waals surface area contributed by atoms with E-state index in [1.807, 2.05) is 6.92 Å². The van der Waals surface area contributed by atoms with E-state index in [0.717, 1.165) is 5.56 Å². The van der Waals surface area contributed by atoms with Gasteiger partial charge < -0.3 is 4.74 Å². The van der Waals surface area contributed by atoms with Gasteiger partial charge in [-0.2, -0.15) is 0 Å². The first-order chi connectivity index (χ1) is 7.54. The summed E-state index contributed by atoms with van der Waals surface area (Å²) in [5.41, 5.74) is 1.53. The van der Waals surface area contributed by atoms with Crippen LogP contribution in [0.1, 0.15) is 5.56 Å². The molecule has 0 saturated carbocycles. The van der Waals surface area contributed by atoms with Gasteiger partial charge in [0.25, 0.3) is 0 Å². The summed E-state index contributed by atoms with van der Waals surface area (Å²) in [5, 5.41) is 10.7. The molecular weight excluding hydrogens is 230 g/mol. The Kier molecular flexibility index (Phi) is 4.31. The van der Waals surface area contributed by atoms with Crippen molar-refractivity contribution in [2.75, 3.05) is 12.5 Å². The maximum atomic E-state index is 10.7. The fourth-order valence-electron chi connectivity index (χ4n) is 1.11. The van der Waals surface area contributed by atoms with Crippen molar-refractivity contribution in [2.45, 2.75) is 6.92 Å². The van der Waals surface area contributed by atoms with Gasteiger partial charge in [0.2, 0.25) is 0 Å². The van der Waals surface area contributed by atoms with E-state index in [0.29, 0.717) is 5.57 Å². The second-order valence-electron chi connectivity index (χ2n) is 3.40. The molecule has 0 aliphatic carbocycles. The van der Waals surface area contributed by atoms with Crippen LogP contribution in [0, 0.1) is 17.0 Å². The van der Waals surface area contributed by atoms with Crippen LogP contribution < -0.4 is 4.74 Å². The highest BCUT2D eigenvalue weighted by molar-refractivity contribution is 6.19. The second-order valence-corrected chi connectivity index (χ2v) is 3.67. The average Bonchev–Trinajstić information content (AvgIpc) is 2.25. The molecule has 1 aromatic carbocycles. The molecule has 0 fully saturated rings. The standard InChI is InChI=1S/C11H12ClNO3/c1-8-3-4-10(13(14)15)11(5-8)16-7-9(2)6-12/h3-5H,2,6-7H2,1H3. The number of alkyl halides is 1. The van der Waals surface area contributed by atoms with Crippen LogP contribution in [0.15, 0.2) is 30.4 Å². The highest BCUT2D eigenvalue weighted by Gasteiger charge is 2.14. The van der Waals surface area contributed by atoms with Gasteiger partial charge in [0.15, 0.2) is 5.75 Å². The molecule has 0 N–H and O–H groups in total. The molecule has 0 bridgehead atoms. The number of rotatable bonds is 5. The van der Waals surface area contributed by atoms with E-state index in [9.17, 15) is 10.1 Å². The maximum Gasteiger partial charge on any atom is 0.310 e. The lowest BCUT2D eigenvalue weighted by Gasteiger charge is -2.07. The van der Waals surface area contributed by atoms with E-state index in [1.54, 1.807) is 12.1 Å². The van der Waals surface area contributed by atoms with E-state index in [2.05, 4.69) is 6.58 Å². The minimum absolute atomic E-state index is 0.0482. The lowest BCUT2D eigenvalue weighted by Crippen LogP contribution is -2.03. The molecule has 1 rings (SSSR count). The number of aryl methyl sites for hydroxylation is 1. The molecule has 0 radical (unpaired) electrons. The molecule has 0 amide bonds. The topological polar surface area (TPSA) is 52.4 Å². The zero-order chi connectivity index (χ0) is 12.1. The highest BCUT2D eigenvalue weighted by Crippen LogP contribution is 2.27. The first kappa shape index (κ1) is 12.5. The Morgan fingerprint density at radius 3 is 2.88 bits per heavy atom. The summed E-state index contributed by atoms with van der Waals surface area (Å²) in [6.45, 7) is 5.69. The number of ether oxygens (including phenoxy) is 1. The van der Waals surface area contributed by atoms with Crippen molar-refractivity contribution < 1.29 is 9.66 Å². The molecule has 0 aliphatic heterocycles. The van der Waals surface area contributed by atoms with Gasteiger partial charge in [-0.1, -0.05) is 12.6 Å². The fourth-order valence-corrected chi connectivity index (χ4v) is 1.18. The maximum absolute atomic E-state index is 10.7. The van der Waals surface area contributed by atoms with Crippen molar-refractivity contribution in [3.8, 4) is 5.75 Å². The largest absolute Gasteiger partial charge is 0.482 e. The highest BCUT2D eigenvalue weighted by atomic mass is 35.5. The number of benzene rings is 1. The summed E-state index contributed by atoms with van der Waals surface area (Å²) in [5.74, 6) is 0.524. The monoisotopic (exact) mass is 241 g/mol. The van der Waals surface area contributed by atoms with Gasteiger partial charge in [-0.25, -0.2) is 0 Å². The van der Waals surface area contributed by atoms with Crippen LogP contribution in [0.25, 0.3) is 0 Å². The van der Waals surface area contributed by atoms with Gasteiger partial charge in [0.1, 0.15) is 6.61 Å². The van der Waals surface area contributed by atoms with E-state index in [-0.39, 0.29) is 23.9 Å². The quantitative estimate of drug-likeness (QED) is 0.345. The Hall–Kier alpha value is -1.55. The molecule has 0 aliphatic rings. The predicted molar refractivity (Wildman–Crippen MR) is 63.2 cm³/mol. The van der Waals surface area contributed by atoms with Gasteiger partial charge in [-0.3, -0.25) is 10.1 Å². The number of nitro groups is 1. The fraction of sp³-hybridized carbons (Fsp3) is 0.273. The third-order valence-corrected chi connectivity index (χ3v) is 2.31. The van der Waals surface area contributed by atoms with Crippen molar-refractivity contribution in [3.63, 3.8) is 0 Å². The summed E-state index contributed by atoms with van der Waals surface area (Å²) in [4.78, 5) is 10.3. The second kappa shape index (κ2) is 5.51. The van der Waals surface area contributed by atoms with Crippen LogP contribution in [-0.4, -0.2) is 17.4 Å². The average molecular weight is 242 g/mol. The first-order valence-electron chi connectivity index (χ1n) is 4.65. The predicted octanol–water partition coefficient (Wildman–Crippen LogP) is 3.08. The normalized spacial score (nSPS) is 9.88. The minimum Gasteiger partial charge on any atom is -0.482 e. The number of nitro benzene ring substituents is 1. The molecule has 0 unspecified atom stereocenters. The zero-order valence-electron chi connectivity index (χ0n) is 8.90. The zero-order valence-corrected chi connectivity index (χ0v) is 9.66. The van der Waals surface area contributed by atoms with Crippen LogP contribution in [0.4, 0.5) is 5.69 Å². The van der Waals surface area contributed by atoms with Crippen LogP contribution in [0.3, 0.4) is 0 Å². The van der Waals surface area contributed by atoms with Gasteiger partial charge >= 0.3 is 5.69 Å². The van der Waals surface area contributed by atoms with Gasteiger partial charge in [0.05, 0.1) is 4.92 Å². The number of hydrogen-bond donors (Lipinski definition) is 0. The Balaban J connectivity index is 2.88. The minimum atomic E-state index is -0.474. The SMILES string of the molecule is C=C(CCl)COc1cc(C)ccc1[N+](=O)[O-]. The number of nitrogens with zero attached hydrogens (tertiary/aromatic N) is 1. The third-order valence-electron chi connectivity index (χ3n) is 1.93. The molecule has 0 atom stereocenters. The molecule has 5 heteroatoms. The van der Waals surface area contributed by atoms with E-state index < -0.39 is 4.92 Å². The summed E-state index contributed by atoms with van der Waals surface area (Å²) in [6.07, 6.45) is 0. The Bertz CT molecular complexity index is 418. The molecule has 86 valence electrons. The van der Waals surface area contributed by atoms with Gasteiger partial charge in [0, 0.05) is 11.9 Å². The Morgan fingerprint density at radius 1 is 1.62 bits per heavy atom. The molecule has 0 saturated heterocycles. The van der Waals surface area contributed by atoms with E-state index in [1.165, 1.54) is 6.07 Å². The van der Waals surface area contributed by atoms with Crippen molar-refractivity contribution >= 4 is 17.3 Å². The summed E-state index contributed by atoms with van der Waals surface area (Å²) in [7, 11) is 0.